The molecule has 3 nitrogen and oxygen atoms in total. The van der Waals surface area contributed by atoms with Gasteiger partial charge in [0.2, 0.25) is 0 Å². The first kappa shape index (κ1) is 15.0. The van der Waals surface area contributed by atoms with Crippen molar-refractivity contribution in [3.8, 4) is 5.75 Å². The Bertz CT molecular complexity index is 435. The van der Waals surface area contributed by atoms with E-state index in [1.54, 1.807) is 6.07 Å². The standard InChI is InChI=1S/C13H17BrFNO2/c1-4-13(2,3)16-12(17)8-18-11-7-9(14)5-6-10(11)15/h5-7H,4,8H2,1-3H3,(H,16,17). The molecule has 0 heterocycles. The molecule has 0 atom stereocenters. The van der Waals surface area contributed by atoms with Gasteiger partial charge in [0.15, 0.2) is 18.2 Å². The third-order valence-corrected chi connectivity index (χ3v) is 3.11. The van der Waals surface area contributed by atoms with Gasteiger partial charge in [0.05, 0.1) is 0 Å². The molecular formula is C13H17BrFNO2. The Labute approximate surface area is 115 Å². The van der Waals surface area contributed by atoms with Gasteiger partial charge in [-0.3, -0.25) is 4.79 Å². The Kier molecular flexibility index (Phi) is 5.14. The van der Waals surface area contributed by atoms with Gasteiger partial charge in [-0.1, -0.05) is 22.9 Å². The van der Waals surface area contributed by atoms with E-state index in [0.717, 1.165) is 6.42 Å². The molecule has 1 aromatic rings. The van der Waals surface area contributed by atoms with Crippen LogP contribution in [0.2, 0.25) is 0 Å². The maximum atomic E-state index is 13.3. The van der Waals surface area contributed by atoms with Crippen LogP contribution in [0.15, 0.2) is 22.7 Å². The van der Waals surface area contributed by atoms with Crippen molar-refractivity contribution in [2.24, 2.45) is 0 Å². The molecule has 1 aromatic carbocycles. The van der Waals surface area contributed by atoms with Gasteiger partial charge in [0, 0.05) is 10.0 Å². The molecule has 0 saturated carbocycles. The maximum absolute atomic E-state index is 13.3. The van der Waals surface area contributed by atoms with Crippen molar-refractivity contribution in [2.45, 2.75) is 32.7 Å². The molecule has 0 aromatic heterocycles. The summed E-state index contributed by atoms with van der Waals surface area (Å²) >= 11 is 3.22. The van der Waals surface area contributed by atoms with E-state index in [-0.39, 0.29) is 23.8 Å². The van der Waals surface area contributed by atoms with Gasteiger partial charge in [0.25, 0.3) is 5.91 Å². The maximum Gasteiger partial charge on any atom is 0.258 e. The molecule has 0 aliphatic carbocycles. The minimum absolute atomic E-state index is 0.0637. The number of ether oxygens (including phenoxy) is 1. The third-order valence-electron chi connectivity index (χ3n) is 2.61. The fourth-order valence-electron chi connectivity index (χ4n) is 1.23. The van der Waals surface area contributed by atoms with Crippen molar-refractivity contribution in [1.82, 2.24) is 5.32 Å². The monoisotopic (exact) mass is 317 g/mol. The predicted octanol–water partition coefficient (Wildman–Crippen LogP) is 3.27. The zero-order chi connectivity index (χ0) is 13.8. The van der Waals surface area contributed by atoms with Crippen LogP contribution in [0.25, 0.3) is 0 Å². The summed E-state index contributed by atoms with van der Waals surface area (Å²) in [6.45, 7) is 5.63. The molecule has 1 amide bonds. The molecule has 0 fully saturated rings. The van der Waals surface area contributed by atoms with Gasteiger partial charge in [0.1, 0.15) is 0 Å². The van der Waals surface area contributed by atoms with Crippen LogP contribution in [-0.2, 0) is 4.79 Å². The van der Waals surface area contributed by atoms with E-state index in [1.807, 2.05) is 20.8 Å². The summed E-state index contributed by atoms with van der Waals surface area (Å²) in [5, 5.41) is 2.81. The number of amides is 1. The summed E-state index contributed by atoms with van der Waals surface area (Å²) in [5.41, 5.74) is -0.281. The number of halogens is 2. The van der Waals surface area contributed by atoms with E-state index in [1.165, 1.54) is 12.1 Å². The Morgan fingerprint density at radius 2 is 2.17 bits per heavy atom. The molecule has 0 aliphatic rings. The zero-order valence-electron chi connectivity index (χ0n) is 10.7. The second kappa shape index (κ2) is 6.18. The van der Waals surface area contributed by atoms with Crippen LogP contribution in [-0.4, -0.2) is 18.1 Å². The summed E-state index contributed by atoms with van der Waals surface area (Å²) in [7, 11) is 0. The molecule has 0 bridgehead atoms. The van der Waals surface area contributed by atoms with Crippen molar-refractivity contribution in [1.29, 1.82) is 0 Å². The number of rotatable bonds is 5. The number of carbonyl (C=O) groups is 1. The minimum atomic E-state index is -0.485. The Morgan fingerprint density at radius 3 is 2.78 bits per heavy atom. The lowest BCUT2D eigenvalue weighted by atomic mass is 10.0. The normalized spacial score (nSPS) is 11.2. The topological polar surface area (TPSA) is 38.3 Å². The number of carbonyl (C=O) groups excluding carboxylic acids is 1. The van der Waals surface area contributed by atoms with Crippen molar-refractivity contribution >= 4 is 21.8 Å². The molecular weight excluding hydrogens is 301 g/mol. The SMILES string of the molecule is CCC(C)(C)NC(=O)COc1cc(Br)ccc1F. The fraction of sp³-hybridized carbons (Fsp3) is 0.462. The first-order valence-corrected chi connectivity index (χ1v) is 6.52. The lowest BCUT2D eigenvalue weighted by Gasteiger charge is -2.24. The fourth-order valence-corrected chi connectivity index (χ4v) is 1.57. The van der Waals surface area contributed by atoms with Crippen LogP contribution >= 0.6 is 15.9 Å². The number of nitrogens with one attached hydrogen (secondary N) is 1. The first-order chi connectivity index (χ1) is 8.34. The molecule has 0 aliphatic heterocycles. The summed E-state index contributed by atoms with van der Waals surface area (Å²) < 4.78 is 19.2. The average Bonchev–Trinajstić information content (AvgIpc) is 2.30. The highest BCUT2D eigenvalue weighted by Crippen LogP contribution is 2.22. The van der Waals surface area contributed by atoms with Crippen LogP contribution in [0, 0.1) is 5.82 Å². The van der Waals surface area contributed by atoms with E-state index in [4.69, 9.17) is 4.74 Å². The molecule has 0 radical (unpaired) electrons. The van der Waals surface area contributed by atoms with Crippen molar-refractivity contribution in [3.05, 3.63) is 28.5 Å². The highest BCUT2D eigenvalue weighted by molar-refractivity contribution is 9.10. The minimum Gasteiger partial charge on any atom is -0.481 e. The van der Waals surface area contributed by atoms with E-state index in [9.17, 15) is 9.18 Å². The average molecular weight is 318 g/mol. The van der Waals surface area contributed by atoms with Gasteiger partial charge in [-0.25, -0.2) is 4.39 Å². The number of hydrogen-bond donors (Lipinski definition) is 1. The van der Waals surface area contributed by atoms with Crippen LogP contribution in [0.1, 0.15) is 27.2 Å². The molecule has 1 rings (SSSR count). The first-order valence-electron chi connectivity index (χ1n) is 5.73. The second-order valence-corrected chi connectivity index (χ2v) is 5.56. The Hall–Kier alpha value is -1.10. The van der Waals surface area contributed by atoms with Gasteiger partial charge in [-0.2, -0.15) is 0 Å². The van der Waals surface area contributed by atoms with Crippen LogP contribution in [0.4, 0.5) is 4.39 Å². The summed E-state index contributed by atoms with van der Waals surface area (Å²) in [5.74, 6) is -0.684. The lowest BCUT2D eigenvalue weighted by Crippen LogP contribution is -2.44. The number of hydrogen-bond acceptors (Lipinski definition) is 2. The Balaban J connectivity index is 2.55. The third kappa shape index (κ3) is 4.64. The largest absolute Gasteiger partial charge is 0.481 e. The molecule has 0 saturated heterocycles. The predicted molar refractivity (Wildman–Crippen MR) is 72.1 cm³/mol. The summed E-state index contributed by atoms with van der Waals surface area (Å²) in [6.07, 6.45) is 0.810. The quantitative estimate of drug-likeness (QED) is 0.905. The zero-order valence-corrected chi connectivity index (χ0v) is 12.3. The van der Waals surface area contributed by atoms with Gasteiger partial charge < -0.3 is 10.1 Å². The lowest BCUT2D eigenvalue weighted by molar-refractivity contribution is -0.124. The molecule has 18 heavy (non-hydrogen) atoms. The van der Waals surface area contributed by atoms with Gasteiger partial charge in [-0.05, 0) is 38.5 Å². The highest BCUT2D eigenvalue weighted by atomic mass is 79.9. The van der Waals surface area contributed by atoms with Crippen LogP contribution in [0.5, 0.6) is 5.75 Å². The molecule has 1 N–H and O–H groups in total. The summed E-state index contributed by atoms with van der Waals surface area (Å²) in [6, 6.07) is 4.35. The van der Waals surface area contributed by atoms with E-state index < -0.39 is 5.82 Å². The van der Waals surface area contributed by atoms with Crippen molar-refractivity contribution in [3.63, 3.8) is 0 Å². The van der Waals surface area contributed by atoms with Crippen LogP contribution < -0.4 is 10.1 Å². The van der Waals surface area contributed by atoms with E-state index in [0.29, 0.717) is 4.47 Å². The summed E-state index contributed by atoms with van der Waals surface area (Å²) in [4.78, 5) is 11.6. The van der Waals surface area contributed by atoms with Crippen LogP contribution in [0.3, 0.4) is 0 Å². The molecule has 100 valence electrons. The smallest absolute Gasteiger partial charge is 0.258 e. The van der Waals surface area contributed by atoms with Crippen molar-refractivity contribution in [2.75, 3.05) is 6.61 Å². The van der Waals surface area contributed by atoms with E-state index >= 15 is 0 Å². The van der Waals surface area contributed by atoms with E-state index in [2.05, 4.69) is 21.2 Å². The molecule has 0 spiro atoms. The highest BCUT2D eigenvalue weighted by Gasteiger charge is 2.18. The molecule has 5 heteroatoms. The van der Waals surface area contributed by atoms with Gasteiger partial charge in [-0.15, -0.1) is 0 Å². The van der Waals surface area contributed by atoms with Gasteiger partial charge >= 0.3 is 0 Å². The van der Waals surface area contributed by atoms with Crippen molar-refractivity contribution < 1.29 is 13.9 Å². The Morgan fingerprint density at radius 1 is 1.50 bits per heavy atom. The number of benzene rings is 1. The second-order valence-electron chi connectivity index (χ2n) is 4.65. The molecule has 0 unspecified atom stereocenters.